The fourth-order valence-corrected chi connectivity index (χ4v) is 4.84. The van der Waals surface area contributed by atoms with Crippen molar-refractivity contribution in [3.63, 3.8) is 0 Å². The number of pyridine rings is 2. The first-order valence-electron chi connectivity index (χ1n) is 10.9. The van der Waals surface area contributed by atoms with E-state index in [0.717, 1.165) is 30.5 Å². The minimum atomic E-state index is -4.04. The Balaban J connectivity index is 1.70. The molecule has 1 amide bonds. The Hall–Kier alpha value is -2.66. The molecular weight excluding hydrogens is 452 g/mol. The summed E-state index contributed by atoms with van der Waals surface area (Å²) in [5.74, 6) is -3.31. The van der Waals surface area contributed by atoms with Crippen LogP contribution < -0.4 is 15.4 Å². The predicted octanol–water partition coefficient (Wildman–Crippen LogP) is 2.98. The third-order valence-corrected chi connectivity index (χ3v) is 7.18. The number of hydrogen-bond acceptors (Lipinski definition) is 6. The lowest BCUT2D eigenvalue weighted by atomic mass is 9.87. The van der Waals surface area contributed by atoms with Gasteiger partial charge >= 0.3 is 0 Å². The highest BCUT2D eigenvalue weighted by atomic mass is 32.2. The van der Waals surface area contributed by atoms with Gasteiger partial charge in [0.15, 0.2) is 5.03 Å². The molecule has 0 aromatic carbocycles. The van der Waals surface area contributed by atoms with Crippen molar-refractivity contribution in [3.05, 3.63) is 41.2 Å². The van der Waals surface area contributed by atoms with Gasteiger partial charge in [0.05, 0.1) is 5.56 Å². The molecule has 2 aliphatic rings. The molecule has 8 nitrogen and oxygen atoms in total. The topological polar surface area (TPSA) is 118 Å². The number of aromatic nitrogens is 2. The number of amides is 1. The van der Waals surface area contributed by atoms with Crippen LogP contribution in [0.25, 0.3) is 0 Å². The van der Waals surface area contributed by atoms with Crippen molar-refractivity contribution in [2.45, 2.75) is 50.5 Å². The van der Waals surface area contributed by atoms with Gasteiger partial charge in [-0.1, -0.05) is 13.8 Å². The van der Waals surface area contributed by atoms with E-state index >= 15 is 0 Å². The van der Waals surface area contributed by atoms with Crippen molar-refractivity contribution in [2.75, 3.05) is 23.3 Å². The van der Waals surface area contributed by atoms with Gasteiger partial charge in [-0.3, -0.25) is 4.79 Å². The Morgan fingerprint density at radius 1 is 1.30 bits per heavy atom. The van der Waals surface area contributed by atoms with E-state index < -0.39 is 27.8 Å². The number of anilines is 2. The third kappa shape index (κ3) is 4.98. The Bertz CT molecular complexity index is 1190. The summed E-state index contributed by atoms with van der Waals surface area (Å²) in [4.78, 5) is 23.5. The summed E-state index contributed by atoms with van der Waals surface area (Å²) in [5.41, 5.74) is 2.34. The number of nitrogens with zero attached hydrogens (tertiary/aromatic N) is 3. The number of piperidine rings is 1. The molecule has 1 fully saturated rings. The number of primary sulfonamides is 1. The number of aryl methyl sites for hydroxylation is 1. The molecule has 1 aliphatic heterocycles. The molecule has 178 valence electrons. The molecule has 11 heteroatoms. The van der Waals surface area contributed by atoms with Gasteiger partial charge in [-0.15, -0.1) is 0 Å². The molecule has 33 heavy (non-hydrogen) atoms. The van der Waals surface area contributed by atoms with Crippen LogP contribution in [0.15, 0.2) is 29.4 Å². The summed E-state index contributed by atoms with van der Waals surface area (Å²) in [5, 5.41) is 7.44. The molecular formula is C22H27F2N5O3S. The van der Waals surface area contributed by atoms with Gasteiger partial charge in [0.1, 0.15) is 5.82 Å². The van der Waals surface area contributed by atoms with Crippen LogP contribution in [0.3, 0.4) is 0 Å². The lowest BCUT2D eigenvalue weighted by molar-refractivity contribution is -0.0652. The molecule has 0 radical (unpaired) electrons. The van der Waals surface area contributed by atoms with Crippen LogP contribution in [0.4, 0.5) is 20.3 Å². The minimum absolute atomic E-state index is 0.0828. The summed E-state index contributed by atoms with van der Waals surface area (Å²) in [7, 11) is -4.04. The Morgan fingerprint density at radius 3 is 2.76 bits per heavy atom. The van der Waals surface area contributed by atoms with Crippen LogP contribution in [0.1, 0.15) is 48.3 Å². The SMILES string of the molecule is CC1CCc2cc(C(=O)Nc3ccnc(S(N)(=O)=O)c3)c(N3CCC(F)(F)C(C)C3)nc2C1. The number of nitrogens with two attached hydrogens (primary N) is 1. The first kappa shape index (κ1) is 23.5. The minimum Gasteiger partial charge on any atom is -0.355 e. The zero-order chi connectivity index (χ0) is 24.0. The molecule has 3 heterocycles. The van der Waals surface area contributed by atoms with Gasteiger partial charge in [-0.2, -0.15) is 0 Å². The van der Waals surface area contributed by atoms with Crippen LogP contribution in [0, 0.1) is 11.8 Å². The summed E-state index contributed by atoms with van der Waals surface area (Å²) >= 11 is 0. The van der Waals surface area contributed by atoms with Crippen LogP contribution in [0.2, 0.25) is 0 Å². The second kappa shape index (κ2) is 8.60. The molecule has 2 aromatic heterocycles. The molecule has 0 saturated carbocycles. The fourth-order valence-electron chi connectivity index (χ4n) is 4.34. The monoisotopic (exact) mass is 479 g/mol. The van der Waals surface area contributed by atoms with Gasteiger partial charge in [-0.25, -0.2) is 32.3 Å². The van der Waals surface area contributed by atoms with E-state index in [1.54, 1.807) is 11.0 Å². The summed E-state index contributed by atoms with van der Waals surface area (Å²) < 4.78 is 51.4. The van der Waals surface area contributed by atoms with Crippen LogP contribution in [-0.4, -0.2) is 43.3 Å². The van der Waals surface area contributed by atoms with Gasteiger partial charge in [-0.05, 0) is 42.9 Å². The lowest BCUT2D eigenvalue weighted by Gasteiger charge is -2.38. The lowest BCUT2D eigenvalue weighted by Crippen LogP contribution is -2.47. The number of carbonyl (C=O) groups is 1. The molecule has 3 N–H and O–H groups in total. The van der Waals surface area contributed by atoms with E-state index in [1.165, 1.54) is 25.3 Å². The Labute approximate surface area is 191 Å². The van der Waals surface area contributed by atoms with E-state index in [0.29, 0.717) is 11.7 Å². The average molecular weight is 480 g/mol. The largest absolute Gasteiger partial charge is 0.355 e. The molecule has 2 unspecified atom stereocenters. The number of halogens is 2. The summed E-state index contributed by atoms with van der Waals surface area (Å²) in [6.45, 7) is 3.81. The van der Waals surface area contributed by atoms with Gasteiger partial charge in [0.2, 0.25) is 0 Å². The highest BCUT2D eigenvalue weighted by Crippen LogP contribution is 2.37. The molecule has 0 spiro atoms. The molecule has 0 bridgehead atoms. The average Bonchev–Trinajstić information content (AvgIpc) is 2.74. The number of hydrogen-bond donors (Lipinski definition) is 2. The number of sulfonamides is 1. The highest BCUT2D eigenvalue weighted by Gasteiger charge is 2.42. The molecule has 1 saturated heterocycles. The highest BCUT2D eigenvalue weighted by molar-refractivity contribution is 7.89. The maximum absolute atomic E-state index is 14.1. The summed E-state index contributed by atoms with van der Waals surface area (Å²) in [6.07, 6.45) is 3.45. The smallest absolute Gasteiger partial charge is 0.259 e. The van der Waals surface area contributed by atoms with E-state index in [1.807, 2.05) is 0 Å². The first-order chi connectivity index (χ1) is 15.4. The molecule has 2 atom stereocenters. The van der Waals surface area contributed by atoms with Gasteiger partial charge in [0, 0.05) is 49.1 Å². The van der Waals surface area contributed by atoms with Crippen LogP contribution >= 0.6 is 0 Å². The van der Waals surface area contributed by atoms with Crippen molar-refractivity contribution in [1.82, 2.24) is 9.97 Å². The standard InChI is InChI=1S/C22H27F2N5O3S/c1-13-3-4-15-10-17(21(30)27-16-5-7-26-19(11-16)33(25,31)32)20(28-18(15)9-13)29-8-6-22(23,24)14(2)12-29/h5,7,10-11,13-14H,3-4,6,8-9,12H2,1-2H3,(H2,25,31,32)(H,26,27,30). The third-order valence-electron chi connectivity index (χ3n) is 6.38. The van der Waals surface area contributed by atoms with E-state index in [9.17, 15) is 22.0 Å². The predicted molar refractivity (Wildman–Crippen MR) is 120 cm³/mol. The van der Waals surface area contributed by atoms with Crippen LogP contribution in [0.5, 0.6) is 0 Å². The number of rotatable bonds is 4. The number of nitrogens with one attached hydrogen (secondary N) is 1. The van der Waals surface area contributed by atoms with E-state index in [-0.39, 0.29) is 35.8 Å². The zero-order valence-electron chi connectivity index (χ0n) is 18.5. The molecule has 2 aromatic rings. The summed E-state index contributed by atoms with van der Waals surface area (Å²) in [6, 6.07) is 4.41. The Kier molecular flexibility index (Phi) is 6.12. The second-order valence-corrected chi connectivity index (χ2v) is 10.6. The van der Waals surface area contributed by atoms with Crippen molar-refractivity contribution < 1.29 is 22.0 Å². The van der Waals surface area contributed by atoms with Crippen molar-refractivity contribution in [3.8, 4) is 0 Å². The first-order valence-corrected chi connectivity index (χ1v) is 12.4. The number of fused-ring (bicyclic) bond motifs is 1. The Morgan fingerprint density at radius 2 is 2.06 bits per heavy atom. The quantitative estimate of drug-likeness (QED) is 0.696. The van der Waals surface area contributed by atoms with E-state index in [4.69, 9.17) is 10.1 Å². The van der Waals surface area contributed by atoms with Gasteiger partial charge < -0.3 is 10.2 Å². The number of carbonyl (C=O) groups excluding carboxylic acids is 1. The van der Waals surface area contributed by atoms with Crippen LogP contribution in [-0.2, 0) is 22.9 Å². The second-order valence-electron chi connectivity index (χ2n) is 9.05. The van der Waals surface area contributed by atoms with E-state index in [2.05, 4.69) is 17.2 Å². The zero-order valence-corrected chi connectivity index (χ0v) is 19.3. The molecule has 1 aliphatic carbocycles. The van der Waals surface area contributed by atoms with Crippen molar-refractivity contribution in [1.29, 1.82) is 0 Å². The molecule has 4 rings (SSSR count). The fraction of sp³-hybridized carbons (Fsp3) is 0.500. The van der Waals surface area contributed by atoms with Crippen molar-refractivity contribution >= 4 is 27.4 Å². The van der Waals surface area contributed by atoms with Gasteiger partial charge in [0.25, 0.3) is 21.9 Å². The maximum Gasteiger partial charge on any atom is 0.259 e. The maximum atomic E-state index is 14.1. The number of alkyl halides is 2. The normalized spacial score (nSPS) is 22.5. The van der Waals surface area contributed by atoms with Crippen molar-refractivity contribution in [2.24, 2.45) is 17.0 Å².